The Morgan fingerprint density at radius 1 is 1.00 bits per heavy atom. The monoisotopic (exact) mass is 394 g/mol. The molecular formula is C24H34N4O. The summed E-state index contributed by atoms with van der Waals surface area (Å²) in [4.78, 5) is 6.86. The smallest absolute Gasteiger partial charge is 0.191 e. The highest BCUT2D eigenvalue weighted by atomic mass is 16.5. The molecule has 1 aliphatic heterocycles. The van der Waals surface area contributed by atoms with E-state index in [2.05, 4.69) is 69.9 Å². The lowest BCUT2D eigenvalue weighted by molar-refractivity contribution is 0.331. The van der Waals surface area contributed by atoms with Gasteiger partial charge in [-0.3, -0.25) is 9.89 Å². The van der Waals surface area contributed by atoms with E-state index in [0.29, 0.717) is 0 Å². The van der Waals surface area contributed by atoms with Crippen LogP contribution in [0.25, 0.3) is 0 Å². The van der Waals surface area contributed by atoms with Gasteiger partial charge in [-0.05, 0) is 67.6 Å². The molecule has 2 aromatic rings. The van der Waals surface area contributed by atoms with Crippen LogP contribution in [0.15, 0.2) is 47.5 Å². The molecule has 2 N–H and O–H groups in total. The minimum atomic E-state index is 0.766. The summed E-state index contributed by atoms with van der Waals surface area (Å²) >= 11 is 0. The number of ether oxygens (including phenoxy) is 1. The Morgan fingerprint density at radius 2 is 1.69 bits per heavy atom. The zero-order valence-electron chi connectivity index (χ0n) is 18.0. The largest absolute Gasteiger partial charge is 0.496 e. The van der Waals surface area contributed by atoms with Crippen LogP contribution in [0.3, 0.4) is 0 Å². The normalized spacial score (nSPS) is 14.8. The SMILES string of the molecule is CN=C(NCCc1ccc(C)c(OC)c1)NCc1ccc(CN2CCCC2)cc1. The highest BCUT2D eigenvalue weighted by Crippen LogP contribution is 2.19. The Hall–Kier alpha value is -2.53. The maximum absolute atomic E-state index is 5.41. The fraction of sp³-hybridized carbons (Fsp3) is 0.458. The Labute approximate surface area is 175 Å². The molecule has 5 nitrogen and oxygen atoms in total. The standard InChI is InChI=1S/C24H34N4O/c1-19-6-7-20(16-23(19)29-3)12-13-26-24(25-2)27-17-21-8-10-22(11-9-21)18-28-14-4-5-15-28/h6-11,16H,4-5,12-15,17-18H2,1-3H3,(H2,25,26,27). The summed E-state index contributed by atoms with van der Waals surface area (Å²) < 4.78 is 5.41. The van der Waals surface area contributed by atoms with Crippen LogP contribution in [0.4, 0.5) is 0 Å². The number of nitrogens with zero attached hydrogens (tertiary/aromatic N) is 2. The lowest BCUT2D eigenvalue weighted by Gasteiger charge is -2.15. The third kappa shape index (κ3) is 6.50. The number of aryl methyl sites for hydroxylation is 1. The van der Waals surface area contributed by atoms with Gasteiger partial charge in [0.05, 0.1) is 7.11 Å². The lowest BCUT2D eigenvalue weighted by atomic mass is 10.1. The predicted octanol–water partition coefficient (Wildman–Crippen LogP) is 3.51. The average molecular weight is 395 g/mol. The van der Waals surface area contributed by atoms with Crippen LogP contribution in [-0.2, 0) is 19.5 Å². The van der Waals surface area contributed by atoms with Gasteiger partial charge in [0.1, 0.15) is 5.75 Å². The molecule has 0 bridgehead atoms. The number of benzene rings is 2. The molecular weight excluding hydrogens is 360 g/mol. The first kappa shape index (κ1) is 21.2. The van der Waals surface area contributed by atoms with E-state index in [-0.39, 0.29) is 0 Å². The van der Waals surface area contributed by atoms with Crippen LogP contribution >= 0.6 is 0 Å². The van der Waals surface area contributed by atoms with Crippen LogP contribution in [0.1, 0.15) is 35.1 Å². The maximum atomic E-state index is 5.41. The number of methoxy groups -OCH3 is 1. The molecule has 0 amide bonds. The lowest BCUT2D eigenvalue weighted by Crippen LogP contribution is -2.37. The number of nitrogens with one attached hydrogen (secondary N) is 2. The first-order valence-corrected chi connectivity index (χ1v) is 10.6. The number of guanidine groups is 1. The van der Waals surface area contributed by atoms with Crippen molar-refractivity contribution in [3.8, 4) is 5.75 Å². The highest BCUT2D eigenvalue weighted by Gasteiger charge is 2.11. The summed E-state index contributed by atoms with van der Waals surface area (Å²) in [6, 6.07) is 15.3. The minimum Gasteiger partial charge on any atom is -0.496 e. The van der Waals surface area contributed by atoms with E-state index >= 15 is 0 Å². The summed E-state index contributed by atoms with van der Waals surface area (Å²) in [5.74, 6) is 1.77. The minimum absolute atomic E-state index is 0.766. The van der Waals surface area contributed by atoms with Crippen molar-refractivity contribution >= 4 is 5.96 Å². The van der Waals surface area contributed by atoms with E-state index in [1.54, 1.807) is 7.11 Å². The van der Waals surface area contributed by atoms with Crippen LogP contribution < -0.4 is 15.4 Å². The maximum Gasteiger partial charge on any atom is 0.191 e. The van der Waals surface area contributed by atoms with Crippen molar-refractivity contribution in [3.05, 3.63) is 64.7 Å². The molecule has 1 heterocycles. The molecule has 29 heavy (non-hydrogen) atoms. The van der Waals surface area contributed by atoms with Gasteiger partial charge in [0, 0.05) is 26.7 Å². The van der Waals surface area contributed by atoms with Gasteiger partial charge in [0.25, 0.3) is 0 Å². The summed E-state index contributed by atoms with van der Waals surface area (Å²) in [6.07, 6.45) is 3.60. The Bertz CT molecular complexity index is 795. The van der Waals surface area contributed by atoms with Crippen molar-refractivity contribution in [2.24, 2.45) is 4.99 Å². The van der Waals surface area contributed by atoms with E-state index in [4.69, 9.17) is 4.74 Å². The van der Waals surface area contributed by atoms with Gasteiger partial charge in [-0.15, -0.1) is 0 Å². The molecule has 0 radical (unpaired) electrons. The van der Waals surface area contributed by atoms with Crippen LogP contribution in [0.2, 0.25) is 0 Å². The van der Waals surface area contributed by atoms with Gasteiger partial charge in [-0.1, -0.05) is 36.4 Å². The van der Waals surface area contributed by atoms with Gasteiger partial charge in [-0.2, -0.15) is 0 Å². The second-order valence-corrected chi connectivity index (χ2v) is 7.71. The second-order valence-electron chi connectivity index (χ2n) is 7.71. The van der Waals surface area contributed by atoms with Gasteiger partial charge >= 0.3 is 0 Å². The van der Waals surface area contributed by atoms with Crippen LogP contribution in [0.5, 0.6) is 5.75 Å². The van der Waals surface area contributed by atoms with Crippen LogP contribution in [0, 0.1) is 6.92 Å². The molecule has 0 atom stereocenters. The van der Waals surface area contributed by atoms with E-state index in [9.17, 15) is 0 Å². The molecule has 0 spiro atoms. The van der Waals surface area contributed by atoms with Crippen molar-refractivity contribution in [2.75, 3.05) is 33.8 Å². The summed E-state index contributed by atoms with van der Waals surface area (Å²) in [5, 5.41) is 6.79. The molecule has 1 aliphatic rings. The fourth-order valence-corrected chi connectivity index (χ4v) is 3.71. The Kier molecular flexibility index (Phi) is 7.94. The van der Waals surface area contributed by atoms with Crippen molar-refractivity contribution in [2.45, 2.75) is 39.3 Å². The number of aliphatic imine (C=N–C) groups is 1. The van der Waals surface area contributed by atoms with Crippen LogP contribution in [-0.4, -0.2) is 44.7 Å². The molecule has 0 aliphatic carbocycles. The summed E-state index contributed by atoms with van der Waals surface area (Å²) in [7, 11) is 3.53. The third-order valence-corrected chi connectivity index (χ3v) is 5.49. The van der Waals surface area contributed by atoms with Crippen molar-refractivity contribution < 1.29 is 4.74 Å². The van der Waals surface area contributed by atoms with Gasteiger partial charge in [-0.25, -0.2) is 0 Å². The van der Waals surface area contributed by atoms with E-state index in [1.165, 1.54) is 42.6 Å². The molecule has 5 heteroatoms. The van der Waals surface area contributed by atoms with Gasteiger partial charge in [0.15, 0.2) is 5.96 Å². The second kappa shape index (κ2) is 10.9. The van der Waals surface area contributed by atoms with Gasteiger partial charge < -0.3 is 15.4 Å². The average Bonchev–Trinajstić information content (AvgIpc) is 3.26. The Balaban J connectivity index is 1.41. The molecule has 2 aromatic carbocycles. The quantitative estimate of drug-likeness (QED) is 0.531. The van der Waals surface area contributed by atoms with Crippen molar-refractivity contribution in [3.63, 3.8) is 0 Å². The van der Waals surface area contributed by atoms with E-state index < -0.39 is 0 Å². The van der Waals surface area contributed by atoms with E-state index in [1.807, 2.05) is 7.05 Å². The topological polar surface area (TPSA) is 48.9 Å². The Morgan fingerprint density at radius 3 is 2.38 bits per heavy atom. The first-order chi connectivity index (χ1) is 14.2. The van der Waals surface area contributed by atoms with Crippen molar-refractivity contribution in [1.82, 2.24) is 15.5 Å². The summed E-state index contributed by atoms with van der Waals surface area (Å²) in [5.41, 5.74) is 5.07. The van der Waals surface area contributed by atoms with Crippen molar-refractivity contribution in [1.29, 1.82) is 0 Å². The molecule has 0 aromatic heterocycles. The molecule has 0 unspecified atom stereocenters. The number of rotatable bonds is 8. The zero-order valence-corrected chi connectivity index (χ0v) is 18.0. The first-order valence-electron chi connectivity index (χ1n) is 10.6. The molecule has 3 rings (SSSR count). The number of likely N-dealkylation sites (tertiary alicyclic amines) is 1. The van der Waals surface area contributed by atoms with Gasteiger partial charge in [0.2, 0.25) is 0 Å². The zero-order chi connectivity index (χ0) is 20.5. The number of hydrogen-bond acceptors (Lipinski definition) is 3. The predicted molar refractivity (Wildman–Crippen MR) is 121 cm³/mol. The molecule has 1 saturated heterocycles. The summed E-state index contributed by atoms with van der Waals surface area (Å²) in [6.45, 7) is 7.19. The fourth-order valence-electron chi connectivity index (χ4n) is 3.71. The molecule has 156 valence electrons. The molecule has 1 fully saturated rings. The highest BCUT2D eigenvalue weighted by molar-refractivity contribution is 5.79. The number of hydrogen-bond donors (Lipinski definition) is 2. The van der Waals surface area contributed by atoms with E-state index in [0.717, 1.165) is 43.3 Å². The molecule has 0 saturated carbocycles. The third-order valence-electron chi connectivity index (χ3n) is 5.49.